The van der Waals surface area contributed by atoms with Gasteiger partial charge in [-0.3, -0.25) is 4.79 Å². The molecule has 0 bridgehead atoms. The van der Waals surface area contributed by atoms with Gasteiger partial charge in [-0.15, -0.1) is 0 Å². The lowest BCUT2D eigenvalue weighted by atomic mass is 9.77. The fourth-order valence-corrected chi connectivity index (χ4v) is 2.32. The molecule has 2 rings (SSSR count). The molecule has 0 radical (unpaired) electrons. The maximum absolute atomic E-state index is 11.7. The van der Waals surface area contributed by atoms with Gasteiger partial charge < -0.3 is 14.0 Å². The first kappa shape index (κ1) is 12.9. The molecule has 1 aliphatic heterocycles. The van der Waals surface area contributed by atoms with E-state index in [1.165, 1.54) is 7.11 Å². The highest BCUT2D eigenvalue weighted by molar-refractivity contribution is 6.50. The highest BCUT2D eigenvalue weighted by Crippen LogP contribution is 2.62. The maximum Gasteiger partial charge on any atom is 0.462 e. The Bertz CT molecular complexity index is 336. The predicted molar refractivity (Wildman–Crippen MR) is 64.6 cm³/mol. The second-order valence-corrected chi connectivity index (χ2v) is 6.34. The quantitative estimate of drug-likeness (QED) is 0.547. The molecule has 0 aromatic carbocycles. The fourth-order valence-electron chi connectivity index (χ4n) is 2.32. The molecule has 0 aromatic heterocycles. The average molecular weight is 240 g/mol. The van der Waals surface area contributed by atoms with Crippen LogP contribution in [0.25, 0.3) is 0 Å². The topological polar surface area (TPSA) is 44.8 Å². The number of ether oxygens (including phenoxy) is 1. The molecule has 0 aromatic rings. The Hall–Kier alpha value is -0.545. The van der Waals surface area contributed by atoms with Crippen LogP contribution >= 0.6 is 0 Å². The highest BCUT2D eigenvalue weighted by Gasteiger charge is 2.68. The molecular formula is C12H21BO4. The zero-order valence-corrected chi connectivity index (χ0v) is 11.5. The number of hydrogen-bond donors (Lipinski definition) is 0. The van der Waals surface area contributed by atoms with Gasteiger partial charge in [0.1, 0.15) is 0 Å². The summed E-state index contributed by atoms with van der Waals surface area (Å²) >= 11 is 0. The van der Waals surface area contributed by atoms with Gasteiger partial charge in [-0.1, -0.05) is 0 Å². The van der Waals surface area contributed by atoms with Gasteiger partial charge in [0.05, 0.1) is 23.7 Å². The summed E-state index contributed by atoms with van der Waals surface area (Å²) in [5, 5.41) is 0. The van der Waals surface area contributed by atoms with Gasteiger partial charge in [0, 0.05) is 5.82 Å². The van der Waals surface area contributed by atoms with E-state index in [4.69, 9.17) is 14.0 Å². The molecule has 17 heavy (non-hydrogen) atoms. The summed E-state index contributed by atoms with van der Waals surface area (Å²) in [6.45, 7) is 9.99. The number of carbonyl (C=O) groups is 1. The first-order chi connectivity index (χ1) is 7.64. The van der Waals surface area contributed by atoms with Crippen LogP contribution in [0.15, 0.2) is 0 Å². The van der Waals surface area contributed by atoms with Crippen molar-refractivity contribution >= 4 is 13.1 Å². The van der Waals surface area contributed by atoms with E-state index in [-0.39, 0.29) is 30.1 Å². The first-order valence-electron chi connectivity index (χ1n) is 6.08. The number of rotatable bonds is 2. The van der Waals surface area contributed by atoms with E-state index in [1.807, 2.05) is 34.6 Å². The van der Waals surface area contributed by atoms with Gasteiger partial charge in [0.25, 0.3) is 0 Å². The molecule has 2 aliphatic rings. The van der Waals surface area contributed by atoms with Crippen LogP contribution in [0, 0.1) is 5.41 Å². The van der Waals surface area contributed by atoms with E-state index in [0.29, 0.717) is 0 Å². The van der Waals surface area contributed by atoms with Crippen molar-refractivity contribution in [3.8, 4) is 0 Å². The zero-order chi connectivity index (χ0) is 13.1. The summed E-state index contributed by atoms with van der Waals surface area (Å²) in [5.74, 6) is -0.0618. The lowest BCUT2D eigenvalue weighted by Crippen LogP contribution is -2.41. The molecule has 96 valence electrons. The van der Waals surface area contributed by atoms with E-state index in [9.17, 15) is 4.79 Å². The molecule has 0 amide bonds. The van der Waals surface area contributed by atoms with Crippen LogP contribution in [0.2, 0.25) is 5.82 Å². The van der Waals surface area contributed by atoms with Crippen molar-refractivity contribution in [2.75, 3.05) is 7.11 Å². The fraction of sp³-hybridized carbons (Fsp3) is 0.917. The van der Waals surface area contributed by atoms with Crippen molar-refractivity contribution < 1.29 is 18.8 Å². The third-order valence-electron chi connectivity index (χ3n) is 4.55. The number of methoxy groups -OCH3 is 1. The van der Waals surface area contributed by atoms with Crippen LogP contribution in [-0.4, -0.2) is 31.4 Å². The highest BCUT2D eigenvalue weighted by atomic mass is 16.7. The number of carbonyl (C=O) groups excluding carboxylic acids is 1. The molecule has 5 heteroatoms. The van der Waals surface area contributed by atoms with Gasteiger partial charge in [-0.2, -0.15) is 0 Å². The number of hydrogen-bond acceptors (Lipinski definition) is 4. The average Bonchev–Trinajstić information content (AvgIpc) is 2.83. The van der Waals surface area contributed by atoms with Crippen molar-refractivity contribution in [2.24, 2.45) is 5.41 Å². The van der Waals surface area contributed by atoms with Crippen LogP contribution in [0.1, 0.15) is 41.0 Å². The monoisotopic (exact) mass is 240 g/mol. The first-order valence-corrected chi connectivity index (χ1v) is 6.08. The molecule has 1 heterocycles. The minimum absolute atomic E-state index is 0.107. The summed E-state index contributed by atoms with van der Waals surface area (Å²) < 4.78 is 16.7. The zero-order valence-electron chi connectivity index (χ0n) is 11.5. The molecule has 1 aliphatic carbocycles. The van der Waals surface area contributed by atoms with E-state index < -0.39 is 5.41 Å². The van der Waals surface area contributed by atoms with Gasteiger partial charge in [0.2, 0.25) is 0 Å². The normalized spacial score (nSPS) is 38.0. The Morgan fingerprint density at radius 2 is 1.65 bits per heavy atom. The summed E-state index contributed by atoms with van der Waals surface area (Å²) in [6, 6.07) is 0. The van der Waals surface area contributed by atoms with E-state index in [1.54, 1.807) is 0 Å². The summed E-state index contributed by atoms with van der Waals surface area (Å²) in [6.07, 6.45) is 0.774. The molecular weight excluding hydrogens is 219 g/mol. The van der Waals surface area contributed by atoms with Crippen molar-refractivity contribution in [3.63, 3.8) is 0 Å². The smallest absolute Gasteiger partial charge is 0.462 e. The van der Waals surface area contributed by atoms with Crippen molar-refractivity contribution in [2.45, 2.75) is 58.1 Å². The summed E-state index contributed by atoms with van der Waals surface area (Å²) in [5.41, 5.74) is -1.11. The molecule has 0 spiro atoms. The van der Waals surface area contributed by atoms with E-state index in [0.717, 1.165) is 6.42 Å². The molecule has 4 nitrogen and oxygen atoms in total. The SMILES string of the molecule is COC(=O)[C@@]1(C)C[C@H]1B1OC(C)(C)C(C)(C)O1. The maximum atomic E-state index is 11.7. The Kier molecular flexibility index (Phi) is 2.64. The Balaban J connectivity index is 2.08. The third kappa shape index (κ3) is 1.80. The van der Waals surface area contributed by atoms with Crippen molar-refractivity contribution in [1.29, 1.82) is 0 Å². The van der Waals surface area contributed by atoms with Crippen molar-refractivity contribution in [3.05, 3.63) is 0 Å². The lowest BCUT2D eigenvalue weighted by molar-refractivity contribution is -0.146. The van der Waals surface area contributed by atoms with Gasteiger partial charge in [0.15, 0.2) is 0 Å². The third-order valence-corrected chi connectivity index (χ3v) is 4.55. The van der Waals surface area contributed by atoms with Crippen LogP contribution < -0.4 is 0 Å². The second-order valence-electron chi connectivity index (χ2n) is 6.34. The summed E-state index contributed by atoms with van der Waals surface area (Å²) in [4.78, 5) is 11.7. The molecule has 2 fully saturated rings. The summed E-state index contributed by atoms with van der Waals surface area (Å²) in [7, 11) is 1.12. The molecule has 0 N–H and O–H groups in total. The van der Waals surface area contributed by atoms with Crippen LogP contribution in [0.3, 0.4) is 0 Å². The molecule has 1 saturated heterocycles. The Morgan fingerprint density at radius 1 is 1.18 bits per heavy atom. The second kappa shape index (κ2) is 3.48. The standard InChI is InChI=1S/C12H21BO4/c1-10(2)11(3,4)17-13(16-10)8-7-12(8,5)9(14)15-6/h8H,7H2,1-6H3/t8-,12+/m1/s1. The largest absolute Gasteiger partial charge is 0.469 e. The van der Waals surface area contributed by atoms with E-state index >= 15 is 0 Å². The predicted octanol–water partition coefficient (Wildman–Crippen LogP) is 2.03. The molecule has 1 saturated carbocycles. The number of esters is 1. The molecule has 2 atom stereocenters. The minimum atomic E-state index is -0.435. The lowest BCUT2D eigenvalue weighted by Gasteiger charge is -2.32. The van der Waals surface area contributed by atoms with Crippen molar-refractivity contribution in [1.82, 2.24) is 0 Å². The van der Waals surface area contributed by atoms with Gasteiger partial charge in [-0.25, -0.2) is 0 Å². The molecule has 0 unspecified atom stereocenters. The van der Waals surface area contributed by atoms with E-state index in [2.05, 4.69) is 0 Å². The van der Waals surface area contributed by atoms with Gasteiger partial charge in [-0.05, 0) is 41.0 Å². The van der Waals surface area contributed by atoms with Crippen LogP contribution in [-0.2, 0) is 18.8 Å². The van der Waals surface area contributed by atoms with Gasteiger partial charge >= 0.3 is 13.1 Å². The van der Waals surface area contributed by atoms with Crippen LogP contribution in [0.5, 0.6) is 0 Å². The Morgan fingerprint density at radius 3 is 2.06 bits per heavy atom. The Labute approximate surface area is 103 Å². The minimum Gasteiger partial charge on any atom is -0.469 e. The van der Waals surface area contributed by atoms with Crippen LogP contribution in [0.4, 0.5) is 0 Å².